The highest BCUT2D eigenvalue weighted by atomic mass is 32.2. The molecule has 0 N–H and O–H groups in total. The molecule has 0 atom stereocenters. The number of hydrogen-bond donors (Lipinski definition) is 0. The topological polar surface area (TPSA) is 37.4 Å². The number of anilines is 1. The normalized spacial score (nSPS) is 13.3. The summed E-state index contributed by atoms with van der Waals surface area (Å²) in [7, 11) is 1.77. The molecule has 3 rings (SSSR count). The van der Waals surface area contributed by atoms with Crippen LogP contribution in [-0.4, -0.2) is 24.5 Å². The van der Waals surface area contributed by atoms with Gasteiger partial charge in [-0.1, -0.05) is 6.07 Å². The fourth-order valence-electron chi connectivity index (χ4n) is 2.68. The smallest absolute Gasteiger partial charge is 0.231 e. The number of likely N-dealkylation sites (N-methyl/N-ethyl adjacent to an activating group) is 1. The van der Waals surface area contributed by atoms with Crippen molar-refractivity contribution in [2.45, 2.75) is 25.2 Å². The Kier molecular flexibility index (Phi) is 4.26. The number of nitrogens with zero attached hydrogens (tertiary/aromatic N) is 1. The Morgan fingerprint density at radius 3 is 2.65 bits per heavy atom. The predicted octanol–water partition coefficient (Wildman–Crippen LogP) is 3.80. The lowest BCUT2D eigenvalue weighted by molar-refractivity contribution is -0.117. The van der Waals surface area contributed by atoms with Crippen molar-refractivity contribution in [2.24, 2.45) is 0 Å². The van der Waals surface area contributed by atoms with Gasteiger partial charge in [-0.2, -0.15) is 0 Å². The first-order chi connectivity index (χ1) is 11.0. The third-order valence-electron chi connectivity index (χ3n) is 4.33. The molecule has 1 amide bonds. The Bertz CT molecular complexity index is 798. The minimum atomic E-state index is 0.0779. The predicted molar refractivity (Wildman–Crippen MR) is 94.5 cm³/mol. The van der Waals surface area contributed by atoms with Crippen molar-refractivity contribution in [3.05, 3.63) is 58.7 Å². The number of carbonyl (C=O) groups excluding carboxylic acids is 2. The second-order valence-corrected chi connectivity index (χ2v) is 6.98. The molecule has 3 nitrogen and oxygen atoms in total. The number of Topliss-reactive ketones (excluding diaryl/α,β-unsaturated/α-hetero) is 1. The standard InChI is InChI=1S/C19H19NO2S/c1-12-4-6-16(8-13(12)2)23-11-18(21)14-5-7-17-15(9-14)10-19(22)20(17)3/h4-9H,10-11H2,1-3H3. The highest BCUT2D eigenvalue weighted by Crippen LogP contribution is 2.29. The van der Waals surface area contributed by atoms with Gasteiger partial charge in [-0.25, -0.2) is 0 Å². The number of hydrogen-bond acceptors (Lipinski definition) is 3. The van der Waals surface area contributed by atoms with E-state index in [2.05, 4.69) is 32.0 Å². The molecule has 23 heavy (non-hydrogen) atoms. The summed E-state index contributed by atoms with van der Waals surface area (Å²) < 4.78 is 0. The summed E-state index contributed by atoms with van der Waals surface area (Å²) in [6, 6.07) is 11.8. The van der Waals surface area contributed by atoms with Gasteiger partial charge >= 0.3 is 0 Å². The van der Waals surface area contributed by atoms with E-state index >= 15 is 0 Å². The van der Waals surface area contributed by atoms with Gasteiger partial charge in [-0.05, 0) is 60.9 Å². The molecule has 0 aliphatic carbocycles. The van der Waals surface area contributed by atoms with Gasteiger partial charge in [0, 0.05) is 23.2 Å². The van der Waals surface area contributed by atoms with Gasteiger partial charge in [0.2, 0.25) is 5.91 Å². The third kappa shape index (κ3) is 3.17. The summed E-state index contributed by atoms with van der Waals surface area (Å²) in [5.74, 6) is 0.581. The van der Waals surface area contributed by atoms with Crippen molar-refractivity contribution < 1.29 is 9.59 Å². The first-order valence-electron chi connectivity index (χ1n) is 7.58. The highest BCUT2D eigenvalue weighted by Gasteiger charge is 2.24. The Balaban J connectivity index is 1.71. The molecule has 0 saturated heterocycles. The van der Waals surface area contributed by atoms with Crippen LogP contribution >= 0.6 is 11.8 Å². The van der Waals surface area contributed by atoms with Gasteiger partial charge in [0.15, 0.2) is 5.78 Å². The highest BCUT2D eigenvalue weighted by molar-refractivity contribution is 8.00. The molecule has 0 saturated carbocycles. The minimum Gasteiger partial charge on any atom is -0.315 e. The lowest BCUT2D eigenvalue weighted by Gasteiger charge is -2.10. The van der Waals surface area contributed by atoms with Crippen LogP contribution in [0.2, 0.25) is 0 Å². The van der Waals surface area contributed by atoms with Gasteiger partial charge in [0.05, 0.1) is 12.2 Å². The first kappa shape index (κ1) is 15.8. The second-order valence-electron chi connectivity index (χ2n) is 5.93. The summed E-state index contributed by atoms with van der Waals surface area (Å²) in [6.45, 7) is 4.16. The zero-order valence-corrected chi connectivity index (χ0v) is 14.4. The number of thioether (sulfide) groups is 1. The minimum absolute atomic E-state index is 0.0779. The van der Waals surface area contributed by atoms with E-state index in [1.165, 1.54) is 11.1 Å². The van der Waals surface area contributed by atoms with Crippen molar-refractivity contribution in [1.82, 2.24) is 0 Å². The molecule has 0 spiro atoms. The molecule has 0 aromatic heterocycles. The first-order valence-corrected chi connectivity index (χ1v) is 8.57. The number of ketones is 1. The second kappa shape index (κ2) is 6.20. The van der Waals surface area contributed by atoms with E-state index in [-0.39, 0.29) is 11.7 Å². The number of rotatable bonds is 4. The molecular formula is C19H19NO2S. The maximum Gasteiger partial charge on any atom is 0.231 e. The van der Waals surface area contributed by atoms with E-state index in [0.717, 1.165) is 16.1 Å². The van der Waals surface area contributed by atoms with Crippen LogP contribution in [0, 0.1) is 13.8 Å². The molecule has 0 bridgehead atoms. The van der Waals surface area contributed by atoms with Crippen LogP contribution in [0.1, 0.15) is 27.0 Å². The van der Waals surface area contributed by atoms with Crippen LogP contribution in [0.25, 0.3) is 0 Å². The summed E-state index contributed by atoms with van der Waals surface area (Å²) in [4.78, 5) is 26.9. The van der Waals surface area contributed by atoms with Crippen molar-refractivity contribution in [3.8, 4) is 0 Å². The maximum atomic E-state index is 12.4. The molecule has 4 heteroatoms. The van der Waals surface area contributed by atoms with E-state index in [9.17, 15) is 9.59 Å². The zero-order chi connectivity index (χ0) is 16.6. The van der Waals surface area contributed by atoms with Crippen LogP contribution in [0.4, 0.5) is 5.69 Å². The monoisotopic (exact) mass is 325 g/mol. The Morgan fingerprint density at radius 2 is 1.91 bits per heavy atom. The lowest BCUT2D eigenvalue weighted by atomic mass is 10.1. The van der Waals surface area contributed by atoms with Crippen LogP contribution in [-0.2, 0) is 11.2 Å². The maximum absolute atomic E-state index is 12.4. The Hall–Kier alpha value is -2.07. The van der Waals surface area contributed by atoms with Gasteiger partial charge in [0.25, 0.3) is 0 Å². The molecule has 118 valence electrons. The van der Waals surface area contributed by atoms with Crippen LogP contribution < -0.4 is 4.90 Å². The van der Waals surface area contributed by atoms with Gasteiger partial charge in [-0.15, -0.1) is 11.8 Å². The quantitative estimate of drug-likeness (QED) is 0.634. The van der Waals surface area contributed by atoms with Gasteiger partial charge in [0.1, 0.15) is 0 Å². The zero-order valence-electron chi connectivity index (χ0n) is 13.6. The molecule has 1 heterocycles. The molecule has 2 aromatic carbocycles. The molecule has 1 aliphatic heterocycles. The SMILES string of the molecule is Cc1ccc(SCC(=O)c2ccc3c(c2)CC(=O)N3C)cc1C. The van der Waals surface area contributed by atoms with Crippen molar-refractivity contribution in [1.29, 1.82) is 0 Å². The lowest BCUT2D eigenvalue weighted by Crippen LogP contribution is -2.20. The number of carbonyl (C=O) groups is 2. The van der Waals surface area contributed by atoms with Crippen molar-refractivity contribution >= 4 is 29.1 Å². The molecule has 0 unspecified atom stereocenters. The van der Waals surface area contributed by atoms with E-state index in [0.29, 0.717) is 17.7 Å². The Labute approximate surface area is 140 Å². The molecule has 2 aromatic rings. The number of benzene rings is 2. The summed E-state index contributed by atoms with van der Waals surface area (Å²) >= 11 is 1.55. The summed E-state index contributed by atoms with van der Waals surface area (Å²) in [5.41, 5.74) is 5.03. The summed E-state index contributed by atoms with van der Waals surface area (Å²) in [5, 5.41) is 0. The largest absolute Gasteiger partial charge is 0.315 e. The van der Waals surface area contributed by atoms with E-state index in [1.54, 1.807) is 23.7 Å². The molecule has 1 aliphatic rings. The van der Waals surface area contributed by atoms with Crippen LogP contribution in [0.15, 0.2) is 41.3 Å². The molecular weight excluding hydrogens is 306 g/mol. The van der Waals surface area contributed by atoms with Gasteiger partial charge < -0.3 is 4.90 Å². The average molecular weight is 325 g/mol. The fourth-order valence-corrected chi connectivity index (χ4v) is 3.57. The van der Waals surface area contributed by atoms with E-state index < -0.39 is 0 Å². The third-order valence-corrected chi connectivity index (χ3v) is 5.32. The Morgan fingerprint density at radius 1 is 1.13 bits per heavy atom. The molecule has 0 radical (unpaired) electrons. The fraction of sp³-hybridized carbons (Fsp3) is 0.263. The molecule has 0 fully saturated rings. The van der Waals surface area contributed by atoms with Crippen molar-refractivity contribution in [3.63, 3.8) is 0 Å². The number of fused-ring (bicyclic) bond motifs is 1. The van der Waals surface area contributed by atoms with Crippen LogP contribution in [0.3, 0.4) is 0 Å². The van der Waals surface area contributed by atoms with Gasteiger partial charge in [-0.3, -0.25) is 9.59 Å². The average Bonchev–Trinajstić information content (AvgIpc) is 2.82. The summed E-state index contributed by atoms with van der Waals surface area (Å²) in [6.07, 6.45) is 0.386. The van der Waals surface area contributed by atoms with Crippen molar-refractivity contribution in [2.75, 3.05) is 17.7 Å². The number of aryl methyl sites for hydroxylation is 2. The van der Waals surface area contributed by atoms with E-state index in [4.69, 9.17) is 0 Å². The number of amides is 1. The van der Waals surface area contributed by atoms with E-state index in [1.807, 2.05) is 18.2 Å². The van der Waals surface area contributed by atoms with Crippen LogP contribution in [0.5, 0.6) is 0 Å².